The molecule has 1 fully saturated rings. The highest BCUT2D eigenvalue weighted by Crippen LogP contribution is 2.22. The van der Waals surface area contributed by atoms with Gasteiger partial charge < -0.3 is 9.84 Å². The van der Waals surface area contributed by atoms with Crippen LogP contribution in [0.2, 0.25) is 0 Å². The molecule has 0 aliphatic carbocycles. The molecule has 2 rings (SSSR count). The van der Waals surface area contributed by atoms with E-state index in [0.29, 0.717) is 5.92 Å². The Labute approximate surface area is 87.8 Å². The predicted molar refractivity (Wildman–Crippen MR) is 56.4 cm³/mol. The Bertz CT molecular complexity index is 283. The Kier molecular flexibility index (Phi) is 3.42. The van der Waals surface area contributed by atoms with Gasteiger partial charge >= 0.3 is 0 Å². The minimum absolute atomic E-state index is 0.496. The maximum absolute atomic E-state index is 5.16. The van der Waals surface area contributed by atoms with E-state index in [0.717, 1.165) is 43.4 Å². The summed E-state index contributed by atoms with van der Waals surface area (Å²) in [7, 11) is 0. The first-order valence-corrected chi connectivity index (χ1v) is 6.31. The number of aromatic nitrogens is 2. The van der Waals surface area contributed by atoms with Crippen LogP contribution in [-0.4, -0.2) is 29.5 Å². The zero-order valence-electron chi connectivity index (χ0n) is 8.32. The lowest BCUT2D eigenvalue weighted by molar-refractivity contribution is 0.369. The fourth-order valence-corrected chi connectivity index (χ4v) is 2.06. The van der Waals surface area contributed by atoms with Crippen LogP contribution in [0.15, 0.2) is 4.52 Å². The zero-order chi connectivity index (χ0) is 9.80. The van der Waals surface area contributed by atoms with Crippen molar-refractivity contribution in [2.75, 3.05) is 19.3 Å². The van der Waals surface area contributed by atoms with Crippen molar-refractivity contribution in [1.82, 2.24) is 15.5 Å². The zero-order valence-corrected chi connectivity index (χ0v) is 9.14. The summed E-state index contributed by atoms with van der Waals surface area (Å²) in [6.45, 7) is 2.13. The van der Waals surface area contributed by atoms with Crippen LogP contribution < -0.4 is 5.32 Å². The van der Waals surface area contributed by atoms with E-state index >= 15 is 0 Å². The molecule has 2 heterocycles. The Balaban J connectivity index is 2.00. The number of hydrogen-bond donors (Lipinski definition) is 1. The summed E-state index contributed by atoms with van der Waals surface area (Å²) in [5, 5.41) is 7.36. The Morgan fingerprint density at radius 2 is 2.29 bits per heavy atom. The van der Waals surface area contributed by atoms with Gasteiger partial charge in [0, 0.05) is 5.92 Å². The topological polar surface area (TPSA) is 51.0 Å². The Hall–Kier alpha value is -0.550. The third-order valence-electron chi connectivity index (χ3n) is 2.46. The van der Waals surface area contributed by atoms with Crippen molar-refractivity contribution in [3.05, 3.63) is 11.7 Å². The number of nitrogens with zero attached hydrogens (tertiary/aromatic N) is 2. The minimum atomic E-state index is 0.496. The molecule has 1 aromatic rings. The summed E-state index contributed by atoms with van der Waals surface area (Å²) >= 11 is 1.71. The molecule has 14 heavy (non-hydrogen) atoms. The second-order valence-electron chi connectivity index (χ2n) is 3.50. The first-order valence-electron chi connectivity index (χ1n) is 4.92. The van der Waals surface area contributed by atoms with Gasteiger partial charge in [-0.2, -0.15) is 16.7 Å². The van der Waals surface area contributed by atoms with Gasteiger partial charge in [0.05, 0.1) is 5.75 Å². The van der Waals surface area contributed by atoms with Gasteiger partial charge in [0.15, 0.2) is 5.82 Å². The summed E-state index contributed by atoms with van der Waals surface area (Å²) in [4.78, 5) is 4.40. The largest absolute Gasteiger partial charge is 0.338 e. The lowest BCUT2D eigenvalue weighted by Crippen LogP contribution is -2.27. The standard InChI is InChI=1S/C9H15N3OS/c1-14-6-8-11-9(12-13-8)7-2-4-10-5-3-7/h7,10H,2-6H2,1H3. The summed E-state index contributed by atoms with van der Waals surface area (Å²) < 4.78 is 5.16. The number of nitrogens with one attached hydrogen (secondary N) is 1. The van der Waals surface area contributed by atoms with Gasteiger partial charge in [-0.1, -0.05) is 5.16 Å². The van der Waals surface area contributed by atoms with Gasteiger partial charge in [0.2, 0.25) is 5.89 Å². The predicted octanol–water partition coefficient (Wildman–Crippen LogP) is 1.40. The summed E-state index contributed by atoms with van der Waals surface area (Å²) in [5.41, 5.74) is 0. The third kappa shape index (κ3) is 2.27. The number of piperidine rings is 1. The van der Waals surface area contributed by atoms with E-state index in [1.165, 1.54) is 0 Å². The minimum Gasteiger partial charge on any atom is -0.338 e. The maximum atomic E-state index is 5.16. The average Bonchev–Trinajstić information content (AvgIpc) is 2.68. The molecule has 1 aromatic heterocycles. The van der Waals surface area contributed by atoms with E-state index in [-0.39, 0.29) is 0 Å². The van der Waals surface area contributed by atoms with E-state index in [4.69, 9.17) is 4.52 Å². The molecule has 1 N–H and O–H groups in total. The number of hydrogen-bond acceptors (Lipinski definition) is 5. The van der Waals surface area contributed by atoms with E-state index in [9.17, 15) is 0 Å². The van der Waals surface area contributed by atoms with Gasteiger partial charge in [0.25, 0.3) is 0 Å². The second-order valence-corrected chi connectivity index (χ2v) is 4.37. The van der Waals surface area contributed by atoms with Crippen molar-refractivity contribution in [2.24, 2.45) is 0 Å². The molecule has 0 radical (unpaired) electrons. The van der Waals surface area contributed by atoms with E-state index in [2.05, 4.69) is 15.5 Å². The van der Waals surface area contributed by atoms with Crippen LogP contribution in [0.1, 0.15) is 30.5 Å². The monoisotopic (exact) mass is 213 g/mol. The molecule has 4 nitrogen and oxygen atoms in total. The highest BCUT2D eigenvalue weighted by Gasteiger charge is 2.20. The lowest BCUT2D eigenvalue weighted by Gasteiger charge is -2.18. The highest BCUT2D eigenvalue weighted by atomic mass is 32.2. The number of thioether (sulfide) groups is 1. The third-order valence-corrected chi connectivity index (χ3v) is 2.99. The van der Waals surface area contributed by atoms with E-state index in [1.807, 2.05) is 6.26 Å². The van der Waals surface area contributed by atoms with Crippen LogP contribution in [0.3, 0.4) is 0 Å². The van der Waals surface area contributed by atoms with Gasteiger partial charge in [-0.3, -0.25) is 0 Å². The normalized spacial score (nSPS) is 18.6. The van der Waals surface area contributed by atoms with Gasteiger partial charge in [-0.15, -0.1) is 0 Å². The molecule has 0 unspecified atom stereocenters. The number of rotatable bonds is 3. The van der Waals surface area contributed by atoms with Crippen LogP contribution in [0.25, 0.3) is 0 Å². The maximum Gasteiger partial charge on any atom is 0.236 e. The van der Waals surface area contributed by atoms with E-state index < -0.39 is 0 Å². The van der Waals surface area contributed by atoms with Crippen molar-refractivity contribution in [3.8, 4) is 0 Å². The Morgan fingerprint density at radius 1 is 1.50 bits per heavy atom. The second kappa shape index (κ2) is 4.79. The Morgan fingerprint density at radius 3 is 3.00 bits per heavy atom. The van der Waals surface area contributed by atoms with Crippen molar-refractivity contribution in [3.63, 3.8) is 0 Å². The average molecular weight is 213 g/mol. The molecule has 5 heteroatoms. The smallest absolute Gasteiger partial charge is 0.236 e. The molecule has 0 aromatic carbocycles. The first-order chi connectivity index (χ1) is 6.90. The molecule has 0 saturated carbocycles. The fraction of sp³-hybridized carbons (Fsp3) is 0.778. The summed E-state index contributed by atoms with van der Waals surface area (Å²) in [6, 6.07) is 0. The molecule has 1 aliphatic heterocycles. The van der Waals surface area contributed by atoms with Gasteiger partial charge in [-0.25, -0.2) is 0 Å². The molecule has 78 valence electrons. The fourth-order valence-electron chi connectivity index (χ4n) is 1.70. The molecule has 0 spiro atoms. The molecule has 0 bridgehead atoms. The van der Waals surface area contributed by atoms with Crippen LogP contribution >= 0.6 is 11.8 Å². The first kappa shape index (κ1) is 9.98. The molecular formula is C9H15N3OS. The lowest BCUT2D eigenvalue weighted by atomic mass is 9.98. The van der Waals surface area contributed by atoms with Crippen LogP contribution in [0.5, 0.6) is 0 Å². The molecular weight excluding hydrogens is 198 g/mol. The van der Waals surface area contributed by atoms with Crippen LogP contribution in [0.4, 0.5) is 0 Å². The van der Waals surface area contributed by atoms with Crippen molar-refractivity contribution in [2.45, 2.75) is 24.5 Å². The quantitative estimate of drug-likeness (QED) is 0.822. The molecule has 0 amide bonds. The molecule has 1 aliphatic rings. The van der Waals surface area contributed by atoms with Crippen molar-refractivity contribution < 1.29 is 4.52 Å². The van der Waals surface area contributed by atoms with Crippen molar-refractivity contribution in [1.29, 1.82) is 0 Å². The summed E-state index contributed by atoms with van der Waals surface area (Å²) in [5.74, 6) is 2.97. The van der Waals surface area contributed by atoms with E-state index in [1.54, 1.807) is 11.8 Å². The molecule has 1 saturated heterocycles. The van der Waals surface area contributed by atoms with Crippen molar-refractivity contribution >= 4 is 11.8 Å². The van der Waals surface area contributed by atoms with Crippen LogP contribution in [-0.2, 0) is 5.75 Å². The molecule has 0 atom stereocenters. The van der Waals surface area contributed by atoms with Gasteiger partial charge in [-0.05, 0) is 32.2 Å². The van der Waals surface area contributed by atoms with Crippen LogP contribution in [0, 0.1) is 0 Å². The van der Waals surface area contributed by atoms with Gasteiger partial charge in [0.1, 0.15) is 0 Å². The SMILES string of the molecule is CSCc1nc(C2CCNCC2)no1. The highest BCUT2D eigenvalue weighted by molar-refractivity contribution is 7.97. The summed E-state index contributed by atoms with van der Waals surface area (Å²) in [6.07, 6.45) is 4.28.